The number of oxazole rings is 1. The summed E-state index contributed by atoms with van der Waals surface area (Å²) >= 11 is 0. The van der Waals surface area contributed by atoms with Crippen molar-refractivity contribution >= 4 is 5.91 Å². The fraction of sp³-hybridized carbons (Fsp3) is 0.462. The van der Waals surface area contributed by atoms with E-state index in [9.17, 15) is 4.79 Å². The molecule has 19 heavy (non-hydrogen) atoms. The number of aromatic amines is 1. The maximum absolute atomic E-state index is 12.2. The highest BCUT2D eigenvalue weighted by Crippen LogP contribution is 2.21. The van der Waals surface area contributed by atoms with Crippen LogP contribution in [0.15, 0.2) is 29.3 Å². The molecule has 2 aromatic heterocycles. The normalized spacial score (nSPS) is 19.6. The van der Waals surface area contributed by atoms with Gasteiger partial charge in [-0.25, -0.2) is 4.98 Å². The van der Waals surface area contributed by atoms with Gasteiger partial charge in [0.15, 0.2) is 6.39 Å². The summed E-state index contributed by atoms with van der Waals surface area (Å²) in [5.74, 6) is 0.732. The molecule has 0 spiro atoms. The maximum atomic E-state index is 12.2. The van der Waals surface area contributed by atoms with Crippen LogP contribution in [0.5, 0.6) is 0 Å². The van der Waals surface area contributed by atoms with Crippen LogP contribution in [-0.4, -0.2) is 39.1 Å². The third-order valence-corrected chi connectivity index (χ3v) is 3.52. The zero-order valence-corrected chi connectivity index (χ0v) is 10.6. The SMILES string of the molecule is O=C(c1cnco1)N1CCC[C@H](Cc2ccn[nH]2)C1. The molecule has 1 saturated heterocycles. The minimum absolute atomic E-state index is 0.0631. The number of hydrogen-bond acceptors (Lipinski definition) is 4. The van der Waals surface area contributed by atoms with Crippen molar-refractivity contribution in [2.45, 2.75) is 19.3 Å². The number of H-pyrrole nitrogens is 1. The first kappa shape index (κ1) is 12.0. The Morgan fingerprint density at radius 2 is 2.53 bits per heavy atom. The molecule has 1 aliphatic heterocycles. The predicted octanol–water partition coefficient (Wildman–Crippen LogP) is 1.49. The molecule has 6 nitrogen and oxygen atoms in total. The first-order valence-electron chi connectivity index (χ1n) is 6.49. The van der Waals surface area contributed by atoms with E-state index in [0.717, 1.165) is 38.0 Å². The number of piperidine rings is 1. The van der Waals surface area contributed by atoms with Crippen LogP contribution in [0, 0.1) is 5.92 Å². The molecule has 0 radical (unpaired) electrons. The predicted molar refractivity (Wildman–Crippen MR) is 67.4 cm³/mol. The van der Waals surface area contributed by atoms with Gasteiger partial charge in [0.25, 0.3) is 5.91 Å². The van der Waals surface area contributed by atoms with Crippen LogP contribution in [-0.2, 0) is 6.42 Å². The molecule has 2 aromatic rings. The maximum Gasteiger partial charge on any atom is 0.291 e. The number of nitrogens with zero attached hydrogens (tertiary/aromatic N) is 3. The molecule has 6 heteroatoms. The van der Waals surface area contributed by atoms with Crippen LogP contribution in [0.1, 0.15) is 29.1 Å². The number of aromatic nitrogens is 3. The quantitative estimate of drug-likeness (QED) is 0.907. The van der Waals surface area contributed by atoms with Crippen molar-refractivity contribution in [3.8, 4) is 0 Å². The number of amides is 1. The lowest BCUT2D eigenvalue weighted by Crippen LogP contribution is -2.40. The number of carbonyl (C=O) groups is 1. The van der Waals surface area contributed by atoms with Crippen molar-refractivity contribution in [1.29, 1.82) is 0 Å². The van der Waals surface area contributed by atoms with Crippen LogP contribution in [0.2, 0.25) is 0 Å². The summed E-state index contributed by atoms with van der Waals surface area (Å²) in [6, 6.07) is 1.98. The van der Waals surface area contributed by atoms with Crippen LogP contribution < -0.4 is 0 Å². The molecule has 1 fully saturated rings. The summed E-state index contributed by atoms with van der Waals surface area (Å²) in [7, 11) is 0. The highest BCUT2D eigenvalue weighted by atomic mass is 16.3. The van der Waals surface area contributed by atoms with Crippen LogP contribution in [0.3, 0.4) is 0 Å². The van der Waals surface area contributed by atoms with E-state index in [1.807, 2.05) is 11.0 Å². The average Bonchev–Trinajstić information content (AvgIpc) is 3.11. The monoisotopic (exact) mass is 260 g/mol. The molecule has 3 rings (SSSR count). The fourth-order valence-corrected chi connectivity index (χ4v) is 2.60. The highest BCUT2D eigenvalue weighted by molar-refractivity contribution is 5.91. The van der Waals surface area contributed by atoms with Crippen LogP contribution in [0.4, 0.5) is 0 Å². The molecule has 0 bridgehead atoms. The van der Waals surface area contributed by atoms with E-state index in [1.165, 1.54) is 12.6 Å². The molecule has 1 aliphatic rings. The molecule has 1 N–H and O–H groups in total. The molecular formula is C13H16N4O2. The third kappa shape index (κ3) is 2.67. The van der Waals surface area contributed by atoms with Gasteiger partial charge in [0, 0.05) is 25.0 Å². The van der Waals surface area contributed by atoms with Gasteiger partial charge in [-0.15, -0.1) is 0 Å². The van der Waals surface area contributed by atoms with Crippen molar-refractivity contribution in [3.05, 3.63) is 36.3 Å². The van der Waals surface area contributed by atoms with Gasteiger partial charge in [-0.05, 0) is 31.2 Å². The van der Waals surface area contributed by atoms with E-state index < -0.39 is 0 Å². The van der Waals surface area contributed by atoms with Gasteiger partial charge < -0.3 is 9.32 Å². The lowest BCUT2D eigenvalue weighted by atomic mass is 9.93. The van der Waals surface area contributed by atoms with Crippen molar-refractivity contribution in [2.75, 3.05) is 13.1 Å². The van der Waals surface area contributed by atoms with Gasteiger partial charge in [-0.3, -0.25) is 9.89 Å². The van der Waals surface area contributed by atoms with Gasteiger partial charge >= 0.3 is 0 Å². The zero-order chi connectivity index (χ0) is 13.1. The molecule has 1 amide bonds. The molecule has 0 aliphatic carbocycles. The lowest BCUT2D eigenvalue weighted by molar-refractivity contribution is 0.0640. The second kappa shape index (κ2) is 5.26. The summed E-state index contributed by atoms with van der Waals surface area (Å²) in [5.41, 5.74) is 1.12. The third-order valence-electron chi connectivity index (χ3n) is 3.52. The molecule has 0 aromatic carbocycles. The first-order chi connectivity index (χ1) is 9.33. The summed E-state index contributed by atoms with van der Waals surface area (Å²) in [6.07, 6.45) is 7.62. The Morgan fingerprint density at radius 1 is 1.58 bits per heavy atom. The molecular weight excluding hydrogens is 244 g/mol. The van der Waals surface area contributed by atoms with Gasteiger partial charge in [-0.1, -0.05) is 0 Å². The van der Waals surface area contributed by atoms with E-state index in [4.69, 9.17) is 4.42 Å². The van der Waals surface area contributed by atoms with E-state index in [0.29, 0.717) is 11.7 Å². The fourth-order valence-electron chi connectivity index (χ4n) is 2.60. The Hall–Kier alpha value is -2.11. The van der Waals surface area contributed by atoms with Gasteiger partial charge in [-0.2, -0.15) is 5.10 Å². The topological polar surface area (TPSA) is 75.0 Å². The van der Waals surface area contributed by atoms with Crippen LogP contribution in [0.25, 0.3) is 0 Å². The Morgan fingerprint density at radius 3 is 3.26 bits per heavy atom. The van der Waals surface area contributed by atoms with Gasteiger partial charge in [0.05, 0.1) is 6.20 Å². The van der Waals surface area contributed by atoms with E-state index >= 15 is 0 Å². The smallest absolute Gasteiger partial charge is 0.291 e. The summed E-state index contributed by atoms with van der Waals surface area (Å²) in [6.45, 7) is 1.55. The van der Waals surface area contributed by atoms with E-state index in [1.54, 1.807) is 6.20 Å². The number of hydrogen-bond donors (Lipinski definition) is 1. The molecule has 0 saturated carbocycles. The minimum Gasteiger partial charge on any atom is -0.438 e. The van der Waals surface area contributed by atoms with Gasteiger partial charge in [0.1, 0.15) is 0 Å². The molecule has 0 unspecified atom stereocenters. The van der Waals surface area contributed by atoms with Crippen LogP contribution >= 0.6 is 0 Å². The summed E-state index contributed by atoms with van der Waals surface area (Å²) < 4.78 is 5.07. The van der Waals surface area contributed by atoms with Crippen molar-refractivity contribution in [2.24, 2.45) is 5.92 Å². The number of carbonyl (C=O) groups excluding carboxylic acids is 1. The minimum atomic E-state index is -0.0631. The summed E-state index contributed by atoms with van der Waals surface area (Å²) in [4.78, 5) is 17.8. The lowest BCUT2D eigenvalue weighted by Gasteiger charge is -2.31. The summed E-state index contributed by atoms with van der Waals surface area (Å²) in [5, 5.41) is 6.93. The zero-order valence-electron chi connectivity index (χ0n) is 10.6. The van der Waals surface area contributed by atoms with Gasteiger partial charge in [0.2, 0.25) is 5.76 Å². The Balaban J connectivity index is 1.63. The van der Waals surface area contributed by atoms with E-state index in [2.05, 4.69) is 15.2 Å². The second-order valence-corrected chi connectivity index (χ2v) is 4.91. The first-order valence-corrected chi connectivity index (χ1v) is 6.49. The van der Waals surface area contributed by atoms with Crippen molar-refractivity contribution in [1.82, 2.24) is 20.1 Å². The molecule has 1 atom stereocenters. The highest BCUT2D eigenvalue weighted by Gasteiger charge is 2.26. The largest absolute Gasteiger partial charge is 0.438 e. The Kier molecular flexibility index (Phi) is 3.31. The van der Waals surface area contributed by atoms with E-state index in [-0.39, 0.29) is 5.91 Å². The Labute approximate surface area is 110 Å². The Bertz CT molecular complexity index is 521. The number of nitrogens with one attached hydrogen (secondary N) is 1. The average molecular weight is 260 g/mol. The van der Waals surface area contributed by atoms with Crippen molar-refractivity contribution in [3.63, 3.8) is 0 Å². The number of likely N-dealkylation sites (tertiary alicyclic amines) is 1. The standard InChI is InChI=1S/C13H16N4O2/c18-13(12-7-14-9-19-12)17-5-1-2-10(8-17)6-11-3-4-15-16-11/h3-4,7,9-10H,1-2,5-6,8H2,(H,15,16)/t10-/m1/s1. The van der Waals surface area contributed by atoms with Crippen molar-refractivity contribution < 1.29 is 9.21 Å². The molecule has 3 heterocycles. The number of rotatable bonds is 3. The molecule has 100 valence electrons. The second-order valence-electron chi connectivity index (χ2n) is 4.91.